The van der Waals surface area contributed by atoms with Crippen molar-refractivity contribution in [2.45, 2.75) is 31.7 Å². The second kappa shape index (κ2) is 7.94. The molecule has 0 spiro atoms. The molecule has 1 aromatic rings. The van der Waals surface area contributed by atoms with Crippen molar-refractivity contribution >= 4 is 10.0 Å². The van der Waals surface area contributed by atoms with E-state index in [-0.39, 0.29) is 5.75 Å². The average Bonchev–Trinajstić information content (AvgIpc) is 2.95. The number of likely N-dealkylation sites (tertiary alicyclic amines) is 1. The third-order valence-corrected chi connectivity index (χ3v) is 5.76. The van der Waals surface area contributed by atoms with Gasteiger partial charge in [-0.3, -0.25) is 0 Å². The van der Waals surface area contributed by atoms with E-state index in [2.05, 4.69) is 15.7 Å². The van der Waals surface area contributed by atoms with Crippen LogP contribution < -0.4 is 9.46 Å². The van der Waals surface area contributed by atoms with E-state index in [0.717, 1.165) is 31.7 Å². The van der Waals surface area contributed by atoms with Crippen molar-refractivity contribution in [3.8, 4) is 5.75 Å². The van der Waals surface area contributed by atoms with Crippen molar-refractivity contribution in [3.63, 3.8) is 0 Å². The average molecular weight is 326 g/mol. The molecule has 0 aliphatic carbocycles. The largest absolute Gasteiger partial charge is 0.496 e. The molecule has 124 valence electrons. The number of sulfonamides is 1. The summed E-state index contributed by atoms with van der Waals surface area (Å²) in [7, 11) is 0.0753. The minimum Gasteiger partial charge on any atom is -0.496 e. The van der Waals surface area contributed by atoms with E-state index in [1.807, 2.05) is 18.2 Å². The van der Waals surface area contributed by atoms with Crippen LogP contribution in [0.5, 0.6) is 5.75 Å². The van der Waals surface area contributed by atoms with Crippen LogP contribution in [0.25, 0.3) is 0 Å². The summed E-state index contributed by atoms with van der Waals surface area (Å²) in [5.74, 6) is 1.13. The summed E-state index contributed by atoms with van der Waals surface area (Å²) in [6.07, 6.45) is 3.98. The molecule has 1 heterocycles. The fourth-order valence-electron chi connectivity index (χ4n) is 3.11. The molecule has 1 aliphatic heterocycles. The molecule has 1 unspecified atom stereocenters. The van der Waals surface area contributed by atoms with Crippen LogP contribution in [0.1, 0.15) is 24.8 Å². The van der Waals surface area contributed by atoms with E-state index in [1.54, 1.807) is 7.11 Å². The summed E-state index contributed by atoms with van der Waals surface area (Å²) in [4.78, 5) is 2.41. The molecule has 2 rings (SSSR count). The Hall–Kier alpha value is -1.11. The van der Waals surface area contributed by atoms with Crippen LogP contribution in [-0.4, -0.2) is 52.4 Å². The van der Waals surface area contributed by atoms with Crippen molar-refractivity contribution in [2.75, 3.05) is 33.0 Å². The molecule has 0 amide bonds. The number of benzene rings is 1. The van der Waals surface area contributed by atoms with E-state index < -0.39 is 10.0 Å². The van der Waals surface area contributed by atoms with Gasteiger partial charge in [-0.2, -0.15) is 0 Å². The van der Waals surface area contributed by atoms with Gasteiger partial charge in [0.1, 0.15) is 5.75 Å². The molecule has 5 nitrogen and oxygen atoms in total. The van der Waals surface area contributed by atoms with Crippen LogP contribution in [0.4, 0.5) is 0 Å². The zero-order chi connectivity index (χ0) is 16.0. The van der Waals surface area contributed by atoms with Gasteiger partial charge in [-0.15, -0.1) is 0 Å². The number of para-hydroxylation sites is 1. The Bertz CT molecular complexity index is 575. The Morgan fingerprint density at radius 2 is 2.14 bits per heavy atom. The lowest BCUT2D eigenvalue weighted by atomic mass is 10.0. The van der Waals surface area contributed by atoms with Gasteiger partial charge in [-0.05, 0) is 57.5 Å². The molecular formula is C16H26N2O3S. The van der Waals surface area contributed by atoms with Crippen molar-refractivity contribution in [2.24, 2.45) is 0 Å². The summed E-state index contributed by atoms with van der Waals surface area (Å²) in [5, 5.41) is 0. The number of methoxy groups -OCH3 is 1. The summed E-state index contributed by atoms with van der Waals surface area (Å²) in [6.45, 7) is 1.89. The Balaban J connectivity index is 1.90. The SMILES string of the molecule is CNS(=O)(=O)CCCN1CCCC1Cc1ccccc1OC. The standard InChI is InChI=1S/C16H26N2O3S/c1-17-22(19,20)12-6-11-18-10-5-8-15(18)13-14-7-3-4-9-16(14)21-2/h3-4,7,9,15,17H,5-6,8,10-13H2,1-2H3. The van der Waals surface area contributed by atoms with Gasteiger partial charge in [0, 0.05) is 6.04 Å². The zero-order valence-electron chi connectivity index (χ0n) is 13.4. The normalized spacial score (nSPS) is 19.5. The third kappa shape index (κ3) is 4.69. The van der Waals surface area contributed by atoms with Gasteiger partial charge in [0.25, 0.3) is 0 Å². The first kappa shape index (κ1) is 17.2. The molecule has 0 radical (unpaired) electrons. The smallest absolute Gasteiger partial charge is 0.211 e. The van der Waals surface area contributed by atoms with Crippen LogP contribution >= 0.6 is 0 Å². The number of hydrogen-bond acceptors (Lipinski definition) is 4. The molecule has 1 aliphatic rings. The highest BCUT2D eigenvalue weighted by Gasteiger charge is 2.25. The summed E-state index contributed by atoms with van der Waals surface area (Å²) >= 11 is 0. The monoisotopic (exact) mass is 326 g/mol. The second-order valence-electron chi connectivity index (χ2n) is 5.72. The lowest BCUT2D eigenvalue weighted by molar-refractivity contribution is 0.251. The summed E-state index contributed by atoms with van der Waals surface area (Å²) < 4.78 is 30.8. The van der Waals surface area contributed by atoms with Gasteiger partial charge in [-0.1, -0.05) is 18.2 Å². The minimum absolute atomic E-state index is 0.196. The first-order valence-corrected chi connectivity index (χ1v) is 9.48. The van der Waals surface area contributed by atoms with E-state index in [0.29, 0.717) is 12.5 Å². The first-order valence-electron chi connectivity index (χ1n) is 7.83. The highest BCUT2D eigenvalue weighted by Crippen LogP contribution is 2.26. The zero-order valence-corrected chi connectivity index (χ0v) is 14.2. The molecule has 1 fully saturated rings. The highest BCUT2D eigenvalue weighted by atomic mass is 32.2. The maximum atomic E-state index is 11.5. The third-order valence-electron chi connectivity index (χ3n) is 4.32. The number of nitrogens with zero attached hydrogens (tertiary/aromatic N) is 1. The minimum atomic E-state index is -3.09. The number of hydrogen-bond donors (Lipinski definition) is 1. The number of ether oxygens (including phenoxy) is 1. The van der Waals surface area contributed by atoms with E-state index in [4.69, 9.17) is 4.74 Å². The van der Waals surface area contributed by atoms with Crippen molar-refractivity contribution in [1.29, 1.82) is 0 Å². The van der Waals surface area contributed by atoms with E-state index >= 15 is 0 Å². The lowest BCUT2D eigenvalue weighted by Gasteiger charge is -2.25. The quantitative estimate of drug-likeness (QED) is 0.789. The predicted molar refractivity (Wildman–Crippen MR) is 88.8 cm³/mol. The molecule has 0 saturated carbocycles. The van der Waals surface area contributed by atoms with Gasteiger partial charge in [0.2, 0.25) is 10.0 Å². The molecule has 1 atom stereocenters. The molecular weight excluding hydrogens is 300 g/mol. The van der Waals surface area contributed by atoms with Gasteiger partial charge in [0.15, 0.2) is 0 Å². The van der Waals surface area contributed by atoms with Gasteiger partial charge < -0.3 is 9.64 Å². The molecule has 0 aromatic heterocycles. The van der Waals surface area contributed by atoms with Crippen LogP contribution in [-0.2, 0) is 16.4 Å². The number of nitrogens with one attached hydrogen (secondary N) is 1. The van der Waals surface area contributed by atoms with E-state index in [1.165, 1.54) is 19.0 Å². The fourth-order valence-corrected chi connectivity index (χ4v) is 3.82. The molecule has 1 aromatic carbocycles. The van der Waals surface area contributed by atoms with Gasteiger partial charge >= 0.3 is 0 Å². The Kier molecular flexibility index (Phi) is 6.23. The van der Waals surface area contributed by atoms with Gasteiger partial charge in [0.05, 0.1) is 12.9 Å². The van der Waals surface area contributed by atoms with Crippen molar-refractivity contribution in [3.05, 3.63) is 29.8 Å². The van der Waals surface area contributed by atoms with Gasteiger partial charge in [-0.25, -0.2) is 13.1 Å². The predicted octanol–water partition coefficient (Wildman–Crippen LogP) is 1.64. The van der Waals surface area contributed by atoms with Crippen LogP contribution in [0.3, 0.4) is 0 Å². The Labute approximate surface area is 133 Å². The topological polar surface area (TPSA) is 58.6 Å². The lowest BCUT2D eigenvalue weighted by Crippen LogP contribution is -2.33. The van der Waals surface area contributed by atoms with Crippen LogP contribution in [0, 0.1) is 0 Å². The second-order valence-corrected chi connectivity index (χ2v) is 7.77. The maximum absolute atomic E-state index is 11.5. The summed E-state index contributed by atoms with van der Waals surface area (Å²) in [6, 6.07) is 8.61. The summed E-state index contributed by atoms with van der Waals surface area (Å²) in [5.41, 5.74) is 1.23. The van der Waals surface area contributed by atoms with Crippen LogP contribution in [0.2, 0.25) is 0 Å². The molecule has 22 heavy (non-hydrogen) atoms. The number of rotatable bonds is 8. The molecule has 1 N–H and O–H groups in total. The molecule has 6 heteroatoms. The highest BCUT2D eigenvalue weighted by molar-refractivity contribution is 7.89. The van der Waals surface area contributed by atoms with Crippen LogP contribution in [0.15, 0.2) is 24.3 Å². The molecule has 0 bridgehead atoms. The maximum Gasteiger partial charge on any atom is 0.211 e. The van der Waals surface area contributed by atoms with Crippen molar-refractivity contribution in [1.82, 2.24) is 9.62 Å². The van der Waals surface area contributed by atoms with Crippen molar-refractivity contribution < 1.29 is 13.2 Å². The molecule has 1 saturated heterocycles. The fraction of sp³-hybridized carbons (Fsp3) is 0.625. The Morgan fingerprint density at radius 1 is 1.36 bits per heavy atom. The van der Waals surface area contributed by atoms with E-state index in [9.17, 15) is 8.42 Å². The Morgan fingerprint density at radius 3 is 2.86 bits per heavy atom. The first-order chi connectivity index (χ1) is 10.6.